The molecule has 0 saturated heterocycles. The van der Waals surface area contributed by atoms with Gasteiger partial charge in [-0.05, 0) is 34.4 Å². The number of hydrogen-bond donors (Lipinski definition) is 0. The van der Waals surface area contributed by atoms with Crippen LogP contribution in [0.1, 0.15) is 58.4 Å². The molecule has 20 heavy (non-hydrogen) atoms. The van der Waals surface area contributed by atoms with Crippen LogP contribution in [-0.2, 0) is 10.8 Å². The zero-order valence-electron chi connectivity index (χ0n) is 13.6. The molecule has 0 bridgehead atoms. The van der Waals surface area contributed by atoms with E-state index in [1.54, 1.807) is 0 Å². The Kier molecular flexibility index (Phi) is 4.11. The molecular weight excluding hydrogens is 260 g/mol. The molecule has 0 nitrogen and oxygen atoms in total. The van der Waals surface area contributed by atoms with Crippen molar-refractivity contribution in [3.05, 3.63) is 46.8 Å². The molecule has 0 fully saturated rings. The van der Waals surface area contributed by atoms with Gasteiger partial charge in [-0.25, -0.2) is 0 Å². The Morgan fingerprint density at radius 3 is 2.05 bits per heavy atom. The summed E-state index contributed by atoms with van der Waals surface area (Å²) in [6, 6.07) is 13.2. The third-order valence-electron chi connectivity index (χ3n) is 4.08. The highest BCUT2D eigenvalue weighted by molar-refractivity contribution is 7.15. The van der Waals surface area contributed by atoms with E-state index in [2.05, 4.69) is 77.9 Å². The molecule has 1 heteroatoms. The van der Waals surface area contributed by atoms with Crippen LogP contribution >= 0.6 is 11.3 Å². The lowest BCUT2D eigenvalue weighted by molar-refractivity contribution is 0.486. The van der Waals surface area contributed by atoms with Crippen molar-refractivity contribution in [3.63, 3.8) is 0 Å². The summed E-state index contributed by atoms with van der Waals surface area (Å²) in [4.78, 5) is 2.93. The molecule has 2 rings (SSSR count). The molecule has 0 radical (unpaired) electrons. The van der Waals surface area contributed by atoms with E-state index in [0.29, 0.717) is 0 Å². The van der Waals surface area contributed by atoms with Crippen LogP contribution < -0.4 is 0 Å². The molecule has 0 saturated carbocycles. The van der Waals surface area contributed by atoms with Crippen molar-refractivity contribution in [1.82, 2.24) is 0 Å². The second kappa shape index (κ2) is 5.37. The van der Waals surface area contributed by atoms with Crippen LogP contribution in [-0.4, -0.2) is 0 Å². The van der Waals surface area contributed by atoms with E-state index in [4.69, 9.17) is 0 Å². The Morgan fingerprint density at radius 2 is 1.55 bits per heavy atom. The normalized spacial score (nSPS) is 12.7. The topological polar surface area (TPSA) is 0 Å². The second-order valence-corrected chi connectivity index (χ2v) is 8.26. The summed E-state index contributed by atoms with van der Waals surface area (Å²) < 4.78 is 0. The lowest BCUT2D eigenvalue weighted by Crippen LogP contribution is -2.21. The maximum atomic E-state index is 2.42. The predicted octanol–water partition coefficient (Wildman–Crippen LogP) is 6.40. The SMILES string of the molecule is CCC(C)(C)c1cc(-c2ccccc2)sc1C(C)(C)C. The maximum Gasteiger partial charge on any atom is 0.0348 e. The zero-order valence-corrected chi connectivity index (χ0v) is 14.4. The van der Waals surface area contributed by atoms with Crippen molar-refractivity contribution in [2.24, 2.45) is 0 Å². The van der Waals surface area contributed by atoms with Crippen molar-refractivity contribution < 1.29 is 0 Å². The predicted molar refractivity (Wildman–Crippen MR) is 91.8 cm³/mol. The smallest absolute Gasteiger partial charge is 0.0348 e. The van der Waals surface area contributed by atoms with Gasteiger partial charge in [0, 0.05) is 9.75 Å². The molecule has 0 spiro atoms. The van der Waals surface area contributed by atoms with Crippen molar-refractivity contribution in [2.45, 2.75) is 58.8 Å². The lowest BCUT2D eigenvalue weighted by atomic mass is 9.77. The molecule has 0 aliphatic rings. The fourth-order valence-corrected chi connectivity index (χ4v) is 3.79. The van der Waals surface area contributed by atoms with Crippen LogP contribution in [0, 0.1) is 0 Å². The van der Waals surface area contributed by atoms with Gasteiger partial charge >= 0.3 is 0 Å². The quantitative estimate of drug-likeness (QED) is 0.612. The zero-order chi connectivity index (χ0) is 15.0. The van der Waals surface area contributed by atoms with Crippen LogP contribution in [0.25, 0.3) is 10.4 Å². The standard InChI is InChI=1S/C19H26S/c1-7-19(5,6)15-13-16(14-11-9-8-10-12-14)20-17(15)18(2,3)4/h8-13H,7H2,1-6H3. The fraction of sp³-hybridized carbons (Fsp3) is 0.474. The van der Waals surface area contributed by atoms with Crippen molar-refractivity contribution in [3.8, 4) is 10.4 Å². The summed E-state index contributed by atoms with van der Waals surface area (Å²) in [6.07, 6.45) is 1.17. The average Bonchev–Trinajstić information content (AvgIpc) is 2.85. The minimum Gasteiger partial charge on any atom is -0.139 e. The number of hydrogen-bond acceptors (Lipinski definition) is 1. The first-order valence-electron chi connectivity index (χ1n) is 7.46. The molecule has 0 unspecified atom stereocenters. The highest BCUT2D eigenvalue weighted by Gasteiger charge is 2.29. The van der Waals surface area contributed by atoms with Gasteiger partial charge in [-0.3, -0.25) is 0 Å². The van der Waals surface area contributed by atoms with Gasteiger partial charge in [0.1, 0.15) is 0 Å². The third kappa shape index (κ3) is 2.98. The number of benzene rings is 1. The number of rotatable bonds is 3. The van der Waals surface area contributed by atoms with Crippen LogP contribution in [0.4, 0.5) is 0 Å². The monoisotopic (exact) mass is 286 g/mol. The van der Waals surface area contributed by atoms with Crippen LogP contribution in [0.3, 0.4) is 0 Å². The van der Waals surface area contributed by atoms with Crippen molar-refractivity contribution >= 4 is 11.3 Å². The minimum atomic E-state index is 0.208. The van der Waals surface area contributed by atoms with Crippen LogP contribution in [0.5, 0.6) is 0 Å². The molecule has 1 aromatic heterocycles. The first-order chi connectivity index (χ1) is 9.25. The average molecular weight is 286 g/mol. The van der Waals surface area contributed by atoms with E-state index >= 15 is 0 Å². The van der Waals surface area contributed by atoms with E-state index < -0.39 is 0 Å². The molecule has 0 atom stereocenters. The van der Waals surface area contributed by atoms with Gasteiger partial charge in [-0.15, -0.1) is 11.3 Å². The molecule has 0 amide bonds. The molecular formula is C19H26S. The van der Waals surface area contributed by atoms with E-state index in [9.17, 15) is 0 Å². The Balaban J connectivity index is 2.60. The fourth-order valence-electron chi connectivity index (χ4n) is 2.39. The highest BCUT2D eigenvalue weighted by Crippen LogP contribution is 2.44. The van der Waals surface area contributed by atoms with Gasteiger partial charge in [0.05, 0.1) is 0 Å². The Labute approximate surface area is 127 Å². The van der Waals surface area contributed by atoms with Gasteiger partial charge in [0.15, 0.2) is 0 Å². The Hall–Kier alpha value is -1.08. The van der Waals surface area contributed by atoms with E-state index in [1.807, 2.05) is 11.3 Å². The largest absolute Gasteiger partial charge is 0.139 e. The van der Waals surface area contributed by atoms with Gasteiger partial charge in [0.2, 0.25) is 0 Å². The Morgan fingerprint density at radius 1 is 0.950 bits per heavy atom. The summed E-state index contributed by atoms with van der Waals surface area (Å²) >= 11 is 1.96. The summed E-state index contributed by atoms with van der Waals surface area (Å²) in [6.45, 7) is 14.0. The highest BCUT2D eigenvalue weighted by atomic mass is 32.1. The van der Waals surface area contributed by atoms with Gasteiger partial charge < -0.3 is 0 Å². The molecule has 2 aromatic rings. The lowest BCUT2D eigenvalue weighted by Gasteiger charge is -2.28. The molecule has 1 heterocycles. The molecule has 0 aliphatic carbocycles. The van der Waals surface area contributed by atoms with E-state index in [1.165, 1.54) is 27.3 Å². The summed E-state index contributed by atoms with van der Waals surface area (Å²) in [5, 5.41) is 0. The van der Waals surface area contributed by atoms with Crippen LogP contribution in [0.2, 0.25) is 0 Å². The first kappa shape index (κ1) is 15.3. The molecule has 1 aromatic carbocycles. The first-order valence-corrected chi connectivity index (χ1v) is 8.27. The molecule has 0 N–H and O–H groups in total. The summed E-state index contributed by atoms with van der Waals surface area (Å²) in [5.41, 5.74) is 3.31. The van der Waals surface area contributed by atoms with Crippen molar-refractivity contribution in [1.29, 1.82) is 0 Å². The third-order valence-corrected chi connectivity index (χ3v) is 5.69. The van der Waals surface area contributed by atoms with Gasteiger partial charge in [-0.2, -0.15) is 0 Å². The van der Waals surface area contributed by atoms with Gasteiger partial charge in [-0.1, -0.05) is 71.9 Å². The summed E-state index contributed by atoms with van der Waals surface area (Å²) in [7, 11) is 0. The van der Waals surface area contributed by atoms with Gasteiger partial charge in [0.25, 0.3) is 0 Å². The van der Waals surface area contributed by atoms with E-state index in [0.717, 1.165) is 0 Å². The minimum absolute atomic E-state index is 0.208. The molecule has 108 valence electrons. The Bertz CT molecular complexity index is 568. The molecule has 0 aliphatic heterocycles. The second-order valence-electron chi connectivity index (χ2n) is 7.21. The van der Waals surface area contributed by atoms with E-state index in [-0.39, 0.29) is 10.8 Å². The number of thiophene rings is 1. The van der Waals surface area contributed by atoms with Crippen molar-refractivity contribution in [2.75, 3.05) is 0 Å². The summed E-state index contributed by atoms with van der Waals surface area (Å²) in [5.74, 6) is 0. The maximum absolute atomic E-state index is 2.42. The van der Waals surface area contributed by atoms with Crippen LogP contribution in [0.15, 0.2) is 36.4 Å².